The molecule has 11 heteroatoms. The number of halogens is 4. The predicted molar refractivity (Wildman–Crippen MR) is 141 cm³/mol. The molecule has 0 aliphatic carbocycles. The summed E-state index contributed by atoms with van der Waals surface area (Å²) in [6.07, 6.45) is -1.60. The first kappa shape index (κ1) is 29.5. The third kappa shape index (κ3) is 7.52. The molecule has 1 aromatic heterocycles. The van der Waals surface area contributed by atoms with Gasteiger partial charge in [0.05, 0.1) is 12.7 Å². The number of nitrogens with zero attached hydrogens (tertiary/aromatic N) is 3. The lowest BCUT2D eigenvalue weighted by atomic mass is 9.90. The van der Waals surface area contributed by atoms with E-state index in [2.05, 4.69) is 15.2 Å². The summed E-state index contributed by atoms with van der Waals surface area (Å²) in [6, 6.07) is 8.58. The third-order valence-corrected chi connectivity index (χ3v) is 7.11. The monoisotopic (exact) mass is 554 g/mol. The van der Waals surface area contributed by atoms with E-state index in [-0.39, 0.29) is 22.4 Å². The molecule has 2 amide bonds. The molecule has 1 aliphatic heterocycles. The molecule has 38 heavy (non-hydrogen) atoms. The van der Waals surface area contributed by atoms with E-state index in [1.807, 2.05) is 0 Å². The van der Waals surface area contributed by atoms with Crippen molar-refractivity contribution in [3.8, 4) is 5.75 Å². The number of carbonyl (C=O) groups is 2. The van der Waals surface area contributed by atoms with Gasteiger partial charge in [0.25, 0.3) is 5.91 Å². The average Bonchev–Trinajstić information content (AvgIpc) is 2.86. The van der Waals surface area contributed by atoms with Gasteiger partial charge < -0.3 is 19.9 Å². The van der Waals surface area contributed by atoms with Crippen molar-refractivity contribution in [1.82, 2.24) is 15.2 Å². The molecule has 208 valence electrons. The Balaban J connectivity index is 1.51. The molecule has 7 nitrogen and oxygen atoms in total. The SMILES string of the molecule is COc1cccc(C(C(=O)NC(C)CCC2CCN(c3ccc(C(=O)N(C)C)c(Cl)n3)CC2)C(F)(F)F)c1. The Morgan fingerprint density at radius 3 is 2.47 bits per heavy atom. The summed E-state index contributed by atoms with van der Waals surface area (Å²) in [6.45, 7) is 3.23. The molecule has 3 rings (SSSR count). The Hall–Kier alpha value is -3.01. The molecule has 1 saturated heterocycles. The Labute approximate surface area is 226 Å². The van der Waals surface area contributed by atoms with Crippen LogP contribution < -0.4 is 15.0 Å². The van der Waals surface area contributed by atoms with Gasteiger partial charge in [-0.25, -0.2) is 4.98 Å². The number of piperidine rings is 1. The van der Waals surface area contributed by atoms with E-state index in [1.165, 1.54) is 36.3 Å². The molecule has 1 fully saturated rings. The summed E-state index contributed by atoms with van der Waals surface area (Å²) in [5.41, 5.74) is 0.201. The quantitative estimate of drug-likeness (QED) is 0.426. The molecule has 1 aromatic carbocycles. The molecule has 1 N–H and O–H groups in total. The van der Waals surface area contributed by atoms with Crippen molar-refractivity contribution in [2.45, 2.75) is 50.7 Å². The van der Waals surface area contributed by atoms with Crippen LogP contribution in [0.15, 0.2) is 36.4 Å². The lowest BCUT2D eigenvalue weighted by Crippen LogP contribution is -2.42. The van der Waals surface area contributed by atoms with Gasteiger partial charge in [-0.05, 0) is 68.4 Å². The smallest absolute Gasteiger partial charge is 0.404 e. The summed E-state index contributed by atoms with van der Waals surface area (Å²) in [5.74, 6) is -2.18. The number of benzene rings is 1. The number of hydrogen-bond acceptors (Lipinski definition) is 5. The molecule has 0 spiro atoms. The first-order valence-corrected chi connectivity index (χ1v) is 12.9. The summed E-state index contributed by atoms with van der Waals surface area (Å²) in [7, 11) is 4.67. The molecule has 1 aliphatic rings. The molecule has 0 bridgehead atoms. The number of pyridine rings is 1. The number of rotatable bonds is 9. The van der Waals surface area contributed by atoms with Crippen LogP contribution in [-0.4, -0.2) is 68.2 Å². The van der Waals surface area contributed by atoms with E-state index in [1.54, 1.807) is 33.2 Å². The first-order valence-electron chi connectivity index (χ1n) is 12.5. The highest BCUT2D eigenvalue weighted by Gasteiger charge is 2.46. The third-order valence-electron chi connectivity index (χ3n) is 6.82. The Kier molecular flexibility index (Phi) is 9.87. The molecular formula is C27H34ClF3N4O3. The summed E-state index contributed by atoms with van der Waals surface area (Å²) in [5, 5.41) is 2.73. The van der Waals surface area contributed by atoms with Gasteiger partial charge in [0.15, 0.2) is 5.92 Å². The summed E-state index contributed by atoms with van der Waals surface area (Å²) in [4.78, 5) is 32.8. The lowest BCUT2D eigenvalue weighted by Gasteiger charge is -2.33. The number of nitrogens with one attached hydrogen (secondary N) is 1. The number of ether oxygens (including phenoxy) is 1. The molecule has 2 unspecified atom stereocenters. The largest absolute Gasteiger partial charge is 0.497 e. The number of alkyl halides is 3. The van der Waals surface area contributed by atoms with Crippen molar-refractivity contribution in [3.63, 3.8) is 0 Å². The number of amides is 2. The van der Waals surface area contributed by atoms with Crippen molar-refractivity contribution in [2.75, 3.05) is 39.2 Å². The Morgan fingerprint density at radius 1 is 1.21 bits per heavy atom. The van der Waals surface area contributed by atoms with Crippen molar-refractivity contribution < 1.29 is 27.5 Å². The van der Waals surface area contributed by atoms with Crippen LogP contribution in [0.1, 0.15) is 54.4 Å². The van der Waals surface area contributed by atoms with Crippen LogP contribution in [0, 0.1) is 5.92 Å². The van der Waals surface area contributed by atoms with E-state index < -0.39 is 24.0 Å². The van der Waals surface area contributed by atoms with Gasteiger partial charge in [-0.15, -0.1) is 0 Å². The molecule has 2 aromatic rings. The highest BCUT2D eigenvalue weighted by molar-refractivity contribution is 6.32. The standard InChI is InChI=1S/C27H34ClF3N4O3/c1-17(32-25(36)23(27(29,30)31)19-6-5-7-20(16-19)38-4)8-9-18-12-14-35(15-13-18)22-11-10-21(24(28)33-22)26(37)34(2)3/h5-7,10-11,16-18,23H,8-9,12-15H2,1-4H3,(H,32,36). The summed E-state index contributed by atoms with van der Waals surface area (Å²) >= 11 is 6.25. The van der Waals surface area contributed by atoms with Gasteiger partial charge in [-0.3, -0.25) is 9.59 Å². The van der Waals surface area contributed by atoms with E-state index in [9.17, 15) is 22.8 Å². The highest BCUT2D eigenvalue weighted by Crippen LogP contribution is 2.36. The van der Waals surface area contributed by atoms with E-state index in [0.29, 0.717) is 23.7 Å². The Morgan fingerprint density at radius 2 is 1.89 bits per heavy atom. The maximum absolute atomic E-state index is 13.8. The highest BCUT2D eigenvalue weighted by atomic mass is 35.5. The van der Waals surface area contributed by atoms with E-state index in [0.717, 1.165) is 32.4 Å². The zero-order chi connectivity index (χ0) is 28.0. The zero-order valence-corrected chi connectivity index (χ0v) is 22.8. The van der Waals surface area contributed by atoms with Crippen molar-refractivity contribution in [3.05, 3.63) is 52.7 Å². The molecule has 0 saturated carbocycles. The van der Waals surface area contributed by atoms with Crippen molar-refractivity contribution >= 4 is 29.2 Å². The van der Waals surface area contributed by atoms with Crippen LogP contribution in [0.3, 0.4) is 0 Å². The average molecular weight is 555 g/mol. The maximum atomic E-state index is 13.8. The van der Waals surface area contributed by atoms with Crippen molar-refractivity contribution in [2.24, 2.45) is 5.92 Å². The van der Waals surface area contributed by atoms with Gasteiger partial charge in [0, 0.05) is 33.2 Å². The number of anilines is 1. The molecular weight excluding hydrogens is 521 g/mol. The fourth-order valence-electron chi connectivity index (χ4n) is 4.65. The molecule has 2 heterocycles. The van der Waals surface area contributed by atoms with E-state index >= 15 is 0 Å². The zero-order valence-electron chi connectivity index (χ0n) is 22.0. The minimum absolute atomic E-state index is 0.151. The van der Waals surface area contributed by atoms with Gasteiger partial charge in [-0.1, -0.05) is 23.7 Å². The van der Waals surface area contributed by atoms with Gasteiger partial charge >= 0.3 is 6.18 Å². The van der Waals surface area contributed by atoms with Crippen molar-refractivity contribution in [1.29, 1.82) is 0 Å². The van der Waals surface area contributed by atoms with Gasteiger partial charge in [0.2, 0.25) is 5.91 Å². The fourth-order valence-corrected chi connectivity index (χ4v) is 4.88. The normalized spacial score (nSPS) is 16.1. The fraction of sp³-hybridized carbons (Fsp3) is 0.519. The molecule has 2 atom stereocenters. The van der Waals surface area contributed by atoms with E-state index in [4.69, 9.17) is 16.3 Å². The van der Waals surface area contributed by atoms with Crippen LogP contribution in [0.4, 0.5) is 19.0 Å². The number of methoxy groups -OCH3 is 1. The topological polar surface area (TPSA) is 74.8 Å². The predicted octanol–water partition coefficient (Wildman–Crippen LogP) is 5.29. The number of hydrogen-bond donors (Lipinski definition) is 1. The van der Waals surface area contributed by atoms with Crippen LogP contribution >= 0.6 is 11.6 Å². The van der Waals surface area contributed by atoms with Crippen LogP contribution in [-0.2, 0) is 4.79 Å². The maximum Gasteiger partial charge on any atom is 0.404 e. The summed E-state index contributed by atoms with van der Waals surface area (Å²) < 4.78 is 46.4. The lowest BCUT2D eigenvalue weighted by molar-refractivity contribution is -0.165. The second-order valence-electron chi connectivity index (χ2n) is 9.88. The first-order chi connectivity index (χ1) is 17.9. The van der Waals surface area contributed by atoms with Crippen LogP contribution in [0.25, 0.3) is 0 Å². The second-order valence-corrected chi connectivity index (χ2v) is 10.2. The second kappa shape index (κ2) is 12.7. The minimum atomic E-state index is -4.72. The molecule has 0 radical (unpaired) electrons. The van der Waals surface area contributed by atoms with Gasteiger partial charge in [0.1, 0.15) is 16.7 Å². The number of carbonyl (C=O) groups excluding carboxylic acids is 2. The van der Waals surface area contributed by atoms with Crippen LogP contribution in [0.5, 0.6) is 5.75 Å². The van der Waals surface area contributed by atoms with Crippen LogP contribution in [0.2, 0.25) is 5.15 Å². The minimum Gasteiger partial charge on any atom is -0.497 e. The Bertz CT molecular complexity index is 1120. The number of aromatic nitrogens is 1. The van der Waals surface area contributed by atoms with Gasteiger partial charge in [-0.2, -0.15) is 13.2 Å².